The summed E-state index contributed by atoms with van der Waals surface area (Å²) >= 11 is 1.32. The van der Waals surface area contributed by atoms with Crippen molar-refractivity contribution in [2.45, 2.75) is 6.92 Å². The van der Waals surface area contributed by atoms with Crippen LogP contribution in [0.1, 0.15) is 6.92 Å². The first-order valence-electron chi connectivity index (χ1n) is 8.99. The summed E-state index contributed by atoms with van der Waals surface area (Å²) in [5.74, 6) is 2.03. The van der Waals surface area contributed by atoms with E-state index in [1.807, 2.05) is 36.6 Å². The second-order valence-electron chi connectivity index (χ2n) is 6.06. The summed E-state index contributed by atoms with van der Waals surface area (Å²) < 4.78 is 16.6. The lowest BCUT2D eigenvalue weighted by molar-refractivity contribution is 0.262. The van der Waals surface area contributed by atoms with E-state index in [2.05, 4.69) is 15.6 Å². The molecular formula is C21H19N3O4S. The Hall–Kier alpha value is -3.52. The fraction of sp³-hybridized carbons (Fsp3) is 0.143. The van der Waals surface area contributed by atoms with Crippen LogP contribution in [0.2, 0.25) is 0 Å². The summed E-state index contributed by atoms with van der Waals surface area (Å²) in [5.41, 5.74) is 1.97. The first-order valence-corrected chi connectivity index (χ1v) is 9.87. The molecule has 0 saturated heterocycles. The number of carbonyl (C=O) groups excluding carboxylic acids is 1. The van der Waals surface area contributed by atoms with Gasteiger partial charge in [0.2, 0.25) is 0 Å². The fourth-order valence-electron chi connectivity index (χ4n) is 2.83. The Kier molecular flexibility index (Phi) is 5.35. The van der Waals surface area contributed by atoms with Crippen molar-refractivity contribution in [3.63, 3.8) is 0 Å². The van der Waals surface area contributed by atoms with Gasteiger partial charge in [0.15, 0.2) is 22.2 Å². The molecule has 0 aliphatic carbocycles. The molecule has 4 aromatic rings. The van der Waals surface area contributed by atoms with Crippen LogP contribution >= 0.6 is 11.3 Å². The molecule has 2 N–H and O–H groups in total. The van der Waals surface area contributed by atoms with Crippen molar-refractivity contribution in [1.82, 2.24) is 4.98 Å². The molecule has 0 radical (unpaired) electrons. The minimum Gasteiger partial charge on any atom is -0.494 e. The fourth-order valence-corrected chi connectivity index (χ4v) is 3.52. The van der Waals surface area contributed by atoms with Crippen molar-refractivity contribution in [3.8, 4) is 23.0 Å². The lowest BCUT2D eigenvalue weighted by Crippen LogP contribution is -2.19. The van der Waals surface area contributed by atoms with Crippen molar-refractivity contribution in [2.75, 3.05) is 24.4 Å². The van der Waals surface area contributed by atoms with E-state index in [4.69, 9.17) is 13.9 Å². The van der Waals surface area contributed by atoms with Crippen LogP contribution in [0.5, 0.6) is 11.5 Å². The minimum atomic E-state index is -0.374. The number of amides is 2. The SMILES string of the molecule is CCOc1ccc(NC(=O)Nc2nc(-c3cc4cccc(OC)c4o3)cs2)cc1. The first kappa shape index (κ1) is 18.8. The maximum Gasteiger partial charge on any atom is 0.325 e. The molecule has 29 heavy (non-hydrogen) atoms. The highest BCUT2D eigenvalue weighted by Gasteiger charge is 2.14. The summed E-state index contributed by atoms with van der Waals surface area (Å²) in [6.45, 7) is 2.52. The largest absolute Gasteiger partial charge is 0.494 e. The molecule has 0 aliphatic rings. The number of nitrogens with one attached hydrogen (secondary N) is 2. The number of urea groups is 1. The topological polar surface area (TPSA) is 85.6 Å². The van der Waals surface area contributed by atoms with E-state index < -0.39 is 0 Å². The van der Waals surface area contributed by atoms with Crippen molar-refractivity contribution < 1.29 is 18.7 Å². The van der Waals surface area contributed by atoms with Crippen LogP contribution in [0.3, 0.4) is 0 Å². The van der Waals surface area contributed by atoms with Crippen LogP contribution < -0.4 is 20.1 Å². The number of anilines is 2. The smallest absolute Gasteiger partial charge is 0.325 e. The van der Waals surface area contributed by atoms with Gasteiger partial charge in [0.05, 0.1) is 13.7 Å². The number of hydrogen-bond acceptors (Lipinski definition) is 6. The van der Waals surface area contributed by atoms with Crippen LogP contribution in [0.25, 0.3) is 22.4 Å². The zero-order chi connectivity index (χ0) is 20.2. The van der Waals surface area contributed by atoms with Crippen molar-refractivity contribution >= 4 is 39.2 Å². The number of hydrogen-bond donors (Lipinski definition) is 2. The van der Waals surface area contributed by atoms with Gasteiger partial charge in [-0.2, -0.15) is 0 Å². The lowest BCUT2D eigenvalue weighted by atomic mass is 10.2. The molecule has 0 spiro atoms. The zero-order valence-electron chi connectivity index (χ0n) is 15.9. The number of rotatable bonds is 6. The quantitative estimate of drug-likeness (QED) is 0.432. The Morgan fingerprint density at radius 1 is 1.17 bits per heavy atom. The summed E-state index contributed by atoms with van der Waals surface area (Å²) in [6, 6.07) is 14.4. The Balaban J connectivity index is 1.44. The molecule has 0 atom stereocenters. The molecule has 2 aromatic carbocycles. The standard InChI is InChI=1S/C21H19N3O4S/c1-3-27-15-9-7-14(8-10-15)22-20(25)24-21-23-16(12-29-21)18-11-13-5-4-6-17(26-2)19(13)28-18/h4-12H,3H2,1-2H3,(H2,22,23,24,25). The average molecular weight is 409 g/mol. The first-order chi connectivity index (χ1) is 14.2. The number of nitrogens with zero attached hydrogens (tertiary/aromatic N) is 1. The van der Waals surface area contributed by atoms with Crippen LogP contribution in [0.4, 0.5) is 15.6 Å². The molecule has 0 aliphatic heterocycles. The maximum absolute atomic E-state index is 12.2. The third kappa shape index (κ3) is 4.17. The number of benzene rings is 2. The van der Waals surface area contributed by atoms with Gasteiger partial charge in [-0.1, -0.05) is 12.1 Å². The molecule has 7 nitrogen and oxygen atoms in total. The van der Waals surface area contributed by atoms with Gasteiger partial charge in [0.25, 0.3) is 0 Å². The Labute approximate surface area is 171 Å². The van der Waals surface area contributed by atoms with E-state index in [1.165, 1.54) is 11.3 Å². The van der Waals surface area contributed by atoms with Crippen molar-refractivity contribution in [2.24, 2.45) is 0 Å². The van der Waals surface area contributed by atoms with Gasteiger partial charge in [-0.05, 0) is 43.3 Å². The highest BCUT2D eigenvalue weighted by molar-refractivity contribution is 7.14. The third-order valence-corrected chi connectivity index (χ3v) is 4.89. The zero-order valence-corrected chi connectivity index (χ0v) is 16.7. The number of methoxy groups -OCH3 is 1. The second kappa shape index (κ2) is 8.24. The Bertz CT molecular complexity index is 1130. The molecular weight excluding hydrogens is 390 g/mol. The van der Waals surface area contributed by atoms with Crippen molar-refractivity contribution in [1.29, 1.82) is 0 Å². The highest BCUT2D eigenvalue weighted by atomic mass is 32.1. The monoisotopic (exact) mass is 409 g/mol. The molecule has 0 saturated carbocycles. The van der Waals surface area contributed by atoms with E-state index in [9.17, 15) is 4.79 Å². The molecule has 2 amide bonds. The highest BCUT2D eigenvalue weighted by Crippen LogP contribution is 2.34. The molecule has 4 rings (SSSR count). The number of para-hydroxylation sites is 1. The van der Waals surface area contributed by atoms with Gasteiger partial charge in [-0.3, -0.25) is 5.32 Å². The van der Waals surface area contributed by atoms with Gasteiger partial charge in [0, 0.05) is 16.5 Å². The van der Waals surface area contributed by atoms with Gasteiger partial charge in [0.1, 0.15) is 11.4 Å². The normalized spacial score (nSPS) is 10.7. The maximum atomic E-state index is 12.2. The average Bonchev–Trinajstić information content (AvgIpc) is 3.36. The molecule has 8 heteroatoms. The van der Waals surface area contributed by atoms with E-state index >= 15 is 0 Å². The number of thiazole rings is 1. The van der Waals surface area contributed by atoms with E-state index in [0.717, 1.165) is 11.1 Å². The summed E-state index contributed by atoms with van der Waals surface area (Å²) in [6.07, 6.45) is 0. The number of carbonyl (C=O) groups is 1. The summed E-state index contributed by atoms with van der Waals surface area (Å²) in [4.78, 5) is 16.7. The molecule has 0 fully saturated rings. The Morgan fingerprint density at radius 2 is 2.00 bits per heavy atom. The van der Waals surface area contributed by atoms with Gasteiger partial charge >= 0.3 is 6.03 Å². The van der Waals surface area contributed by atoms with Gasteiger partial charge < -0.3 is 19.2 Å². The Morgan fingerprint density at radius 3 is 2.76 bits per heavy atom. The molecule has 2 heterocycles. The van der Waals surface area contributed by atoms with Crippen molar-refractivity contribution in [3.05, 3.63) is 53.9 Å². The molecule has 148 valence electrons. The van der Waals surface area contributed by atoms with E-state index in [0.29, 0.717) is 40.2 Å². The predicted molar refractivity (Wildman–Crippen MR) is 114 cm³/mol. The molecule has 0 bridgehead atoms. The van der Waals surface area contributed by atoms with Crippen LogP contribution in [-0.2, 0) is 0 Å². The van der Waals surface area contributed by atoms with Crippen LogP contribution in [-0.4, -0.2) is 24.7 Å². The molecule has 2 aromatic heterocycles. The molecule has 0 unspecified atom stereocenters. The number of ether oxygens (including phenoxy) is 2. The van der Waals surface area contributed by atoms with Crippen LogP contribution in [0, 0.1) is 0 Å². The van der Waals surface area contributed by atoms with Gasteiger partial charge in [-0.25, -0.2) is 9.78 Å². The predicted octanol–water partition coefficient (Wildman–Crippen LogP) is 5.61. The summed E-state index contributed by atoms with van der Waals surface area (Å²) in [5, 5.41) is 8.73. The number of fused-ring (bicyclic) bond motifs is 1. The summed E-state index contributed by atoms with van der Waals surface area (Å²) in [7, 11) is 1.60. The second-order valence-corrected chi connectivity index (χ2v) is 6.92. The third-order valence-electron chi connectivity index (χ3n) is 4.13. The van der Waals surface area contributed by atoms with Gasteiger partial charge in [-0.15, -0.1) is 11.3 Å². The number of aromatic nitrogens is 1. The van der Waals surface area contributed by atoms with Crippen LogP contribution in [0.15, 0.2) is 58.3 Å². The minimum absolute atomic E-state index is 0.374. The van der Waals surface area contributed by atoms with E-state index in [1.54, 1.807) is 31.4 Å². The lowest BCUT2D eigenvalue weighted by Gasteiger charge is -2.07. The van der Waals surface area contributed by atoms with E-state index in [-0.39, 0.29) is 6.03 Å². The number of furan rings is 1.